The summed E-state index contributed by atoms with van der Waals surface area (Å²) in [4.78, 5) is 12.1. The van der Waals surface area contributed by atoms with E-state index in [2.05, 4.69) is 15.6 Å². The first kappa shape index (κ1) is 16.5. The zero-order valence-electron chi connectivity index (χ0n) is 13.9. The molecule has 1 heterocycles. The van der Waals surface area contributed by atoms with E-state index in [-0.39, 0.29) is 18.3 Å². The lowest BCUT2D eigenvalue weighted by molar-refractivity contribution is -0.118. The molecular weight excluding hydrogens is 322 g/mol. The van der Waals surface area contributed by atoms with Crippen molar-refractivity contribution in [3.63, 3.8) is 0 Å². The summed E-state index contributed by atoms with van der Waals surface area (Å²) in [7, 11) is 1.59. The number of amides is 1. The number of benzene rings is 2. The second-order valence-corrected chi connectivity index (χ2v) is 5.34. The Hall–Kier alpha value is -3.35. The predicted molar refractivity (Wildman–Crippen MR) is 91.6 cm³/mol. The number of anilines is 1. The van der Waals surface area contributed by atoms with E-state index in [1.165, 1.54) is 0 Å². The summed E-state index contributed by atoms with van der Waals surface area (Å²) in [5.74, 6) is 1.23. The quantitative estimate of drug-likeness (QED) is 0.743. The van der Waals surface area contributed by atoms with E-state index in [0.717, 1.165) is 16.9 Å². The third-order valence-corrected chi connectivity index (χ3v) is 3.47. The molecule has 2 aromatic carbocycles. The Bertz CT molecular complexity index is 859. The average molecular weight is 339 g/mol. The molecule has 7 nitrogen and oxygen atoms in total. The number of rotatable bonds is 6. The lowest BCUT2D eigenvalue weighted by Crippen LogP contribution is -2.20. The predicted octanol–water partition coefficient (Wildman–Crippen LogP) is 3.07. The van der Waals surface area contributed by atoms with Gasteiger partial charge in [-0.25, -0.2) is 4.63 Å². The maximum Gasteiger partial charge on any atom is 0.263 e. The molecule has 0 aliphatic carbocycles. The summed E-state index contributed by atoms with van der Waals surface area (Å²) in [6.45, 7) is 1.81. The van der Waals surface area contributed by atoms with Crippen LogP contribution in [0.4, 0.5) is 5.82 Å². The summed E-state index contributed by atoms with van der Waals surface area (Å²) in [6, 6.07) is 14.6. The smallest absolute Gasteiger partial charge is 0.263 e. The molecule has 1 N–H and O–H groups in total. The van der Waals surface area contributed by atoms with Crippen molar-refractivity contribution in [3.05, 3.63) is 54.1 Å². The van der Waals surface area contributed by atoms with Crippen molar-refractivity contribution in [1.82, 2.24) is 10.3 Å². The third kappa shape index (κ3) is 4.14. The van der Waals surface area contributed by atoms with Crippen LogP contribution < -0.4 is 14.8 Å². The summed E-state index contributed by atoms with van der Waals surface area (Å²) in [5, 5.41) is 10.2. The first-order chi connectivity index (χ1) is 12.2. The van der Waals surface area contributed by atoms with Gasteiger partial charge >= 0.3 is 0 Å². The Labute approximate surface area is 144 Å². The molecule has 7 heteroatoms. The Morgan fingerprint density at radius 1 is 1.12 bits per heavy atom. The number of methoxy groups -OCH3 is 1. The van der Waals surface area contributed by atoms with Gasteiger partial charge in [-0.1, -0.05) is 12.1 Å². The number of ether oxygens (including phenoxy) is 2. The van der Waals surface area contributed by atoms with Crippen molar-refractivity contribution in [2.45, 2.75) is 6.92 Å². The number of nitrogens with one attached hydrogen (secondary N) is 1. The molecule has 0 aliphatic heterocycles. The average Bonchev–Trinajstić information content (AvgIpc) is 3.08. The van der Waals surface area contributed by atoms with Crippen LogP contribution >= 0.6 is 0 Å². The molecule has 3 aromatic rings. The fourth-order valence-corrected chi connectivity index (χ4v) is 2.23. The molecule has 0 saturated heterocycles. The van der Waals surface area contributed by atoms with Crippen LogP contribution in [0.15, 0.2) is 53.2 Å². The van der Waals surface area contributed by atoms with E-state index < -0.39 is 0 Å². The highest BCUT2D eigenvalue weighted by Crippen LogP contribution is 2.26. The van der Waals surface area contributed by atoms with Crippen LogP contribution in [0.3, 0.4) is 0 Å². The van der Waals surface area contributed by atoms with Crippen molar-refractivity contribution < 1.29 is 18.9 Å². The number of nitrogens with zero attached hydrogens (tertiary/aromatic N) is 2. The molecule has 0 fully saturated rings. The Balaban J connectivity index is 1.65. The second-order valence-electron chi connectivity index (χ2n) is 5.34. The molecule has 25 heavy (non-hydrogen) atoms. The topological polar surface area (TPSA) is 86.5 Å². The summed E-state index contributed by atoms with van der Waals surface area (Å²) < 4.78 is 15.3. The Morgan fingerprint density at radius 2 is 1.92 bits per heavy atom. The van der Waals surface area contributed by atoms with Gasteiger partial charge in [0.2, 0.25) is 5.82 Å². The Morgan fingerprint density at radius 3 is 2.64 bits per heavy atom. The Kier molecular flexibility index (Phi) is 4.94. The largest absolute Gasteiger partial charge is 0.497 e. The molecule has 0 bridgehead atoms. The number of carbonyl (C=O) groups is 1. The first-order valence-corrected chi connectivity index (χ1v) is 7.62. The monoisotopic (exact) mass is 339 g/mol. The second kappa shape index (κ2) is 7.48. The fraction of sp³-hybridized carbons (Fsp3) is 0.167. The summed E-state index contributed by atoms with van der Waals surface area (Å²) in [5.41, 5.74) is 2.24. The maximum absolute atomic E-state index is 12.1. The van der Waals surface area contributed by atoms with E-state index in [1.807, 2.05) is 25.1 Å². The molecule has 0 saturated carbocycles. The molecule has 0 spiro atoms. The first-order valence-electron chi connectivity index (χ1n) is 7.62. The van der Waals surface area contributed by atoms with Gasteiger partial charge in [0.25, 0.3) is 5.91 Å². The van der Waals surface area contributed by atoms with Gasteiger partial charge in [0.1, 0.15) is 11.5 Å². The van der Waals surface area contributed by atoms with Gasteiger partial charge < -0.3 is 14.8 Å². The summed E-state index contributed by atoms with van der Waals surface area (Å²) in [6.07, 6.45) is 0. The van der Waals surface area contributed by atoms with Gasteiger partial charge in [0.15, 0.2) is 12.3 Å². The zero-order chi connectivity index (χ0) is 17.6. The van der Waals surface area contributed by atoms with Crippen LogP contribution in [0, 0.1) is 6.92 Å². The van der Waals surface area contributed by atoms with Crippen molar-refractivity contribution in [2.24, 2.45) is 0 Å². The van der Waals surface area contributed by atoms with Crippen LogP contribution in [0.2, 0.25) is 0 Å². The third-order valence-electron chi connectivity index (χ3n) is 3.47. The minimum atomic E-state index is -0.355. The highest BCUT2D eigenvalue weighted by molar-refractivity contribution is 5.94. The fourth-order valence-electron chi connectivity index (χ4n) is 2.23. The van der Waals surface area contributed by atoms with E-state index in [0.29, 0.717) is 11.4 Å². The molecule has 0 aliphatic rings. The highest BCUT2D eigenvalue weighted by atomic mass is 16.6. The van der Waals surface area contributed by atoms with Crippen LogP contribution in [0.5, 0.6) is 11.5 Å². The van der Waals surface area contributed by atoms with Crippen LogP contribution in [-0.4, -0.2) is 29.9 Å². The minimum absolute atomic E-state index is 0.141. The normalized spacial score (nSPS) is 10.3. The van der Waals surface area contributed by atoms with Crippen LogP contribution in [0.25, 0.3) is 11.3 Å². The number of hydrogen-bond acceptors (Lipinski definition) is 6. The SMILES string of the molecule is COc1ccc(-c2nonc2NC(=O)COc2cccc(C)c2)cc1. The lowest BCUT2D eigenvalue weighted by Gasteiger charge is -2.07. The standard InChI is InChI=1S/C18H17N3O4/c1-12-4-3-5-15(10-12)24-11-16(22)19-18-17(20-25-21-18)13-6-8-14(23-2)9-7-13/h3-10H,11H2,1-2H3,(H,19,21,22). The van der Waals surface area contributed by atoms with Gasteiger partial charge in [-0.2, -0.15) is 0 Å². The number of aryl methyl sites for hydroxylation is 1. The maximum atomic E-state index is 12.1. The molecule has 128 valence electrons. The van der Waals surface area contributed by atoms with Crippen LogP contribution in [0.1, 0.15) is 5.56 Å². The van der Waals surface area contributed by atoms with Gasteiger partial charge in [0.05, 0.1) is 7.11 Å². The van der Waals surface area contributed by atoms with E-state index >= 15 is 0 Å². The zero-order valence-corrected chi connectivity index (χ0v) is 13.9. The molecule has 0 unspecified atom stereocenters. The van der Waals surface area contributed by atoms with Crippen molar-refractivity contribution in [1.29, 1.82) is 0 Å². The highest BCUT2D eigenvalue weighted by Gasteiger charge is 2.15. The van der Waals surface area contributed by atoms with Crippen molar-refractivity contribution in [2.75, 3.05) is 19.0 Å². The van der Waals surface area contributed by atoms with Gasteiger partial charge in [-0.05, 0) is 59.2 Å². The number of carbonyl (C=O) groups excluding carboxylic acids is 1. The molecule has 1 amide bonds. The van der Waals surface area contributed by atoms with Gasteiger partial charge in [-0.3, -0.25) is 4.79 Å². The van der Waals surface area contributed by atoms with Crippen molar-refractivity contribution in [3.8, 4) is 22.8 Å². The lowest BCUT2D eigenvalue weighted by atomic mass is 10.1. The van der Waals surface area contributed by atoms with E-state index in [9.17, 15) is 4.79 Å². The van der Waals surface area contributed by atoms with E-state index in [1.54, 1.807) is 37.4 Å². The summed E-state index contributed by atoms with van der Waals surface area (Å²) >= 11 is 0. The molecular formula is C18H17N3O4. The number of hydrogen-bond donors (Lipinski definition) is 1. The minimum Gasteiger partial charge on any atom is -0.497 e. The molecule has 0 atom stereocenters. The van der Waals surface area contributed by atoms with Gasteiger partial charge in [0, 0.05) is 5.56 Å². The molecule has 1 aromatic heterocycles. The van der Waals surface area contributed by atoms with Crippen LogP contribution in [-0.2, 0) is 4.79 Å². The molecule has 0 radical (unpaired) electrons. The van der Waals surface area contributed by atoms with E-state index in [4.69, 9.17) is 14.1 Å². The van der Waals surface area contributed by atoms with Crippen molar-refractivity contribution >= 4 is 11.7 Å². The number of aromatic nitrogens is 2. The van der Waals surface area contributed by atoms with Gasteiger partial charge in [-0.15, -0.1) is 0 Å². The molecule has 3 rings (SSSR count).